The second kappa shape index (κ2) is 13.2. The lowest BCUT2D eigenvalue weighted by Gasteiger charge is -2.40. The lowest BCUT2D eigenvalue weighted by atomic mass is 9.68. The van der Waals surface area contributed by atoms with Crippen molar-refractivity contribution in [1.29, 1.82) is 0 Å². The van der Waals surface area contributed by atoms with Crippen molar-refractivity contribution in [3.63, 3.8) is 0 Å². The van der Waals surface area contributed by atoms with Crippen molar-refractivity contribution in [3.05, 3.63) is 11.1 Å². The van der Waals surface area contributed by atoms with E-state index >= 15 is 0 Å². The van der Waals surface area contributed by atoms with Gasteiger partial charge in [0.05, 0.1) is 27.0 Å². The van der Waals surface area contributed by atoms with Crippen molar-refractivity contribution in [2.24, 2.45) is 17.8 Å². The number of thioether (sulfide) groups is 2. The topological polar surface area (TPSA) is 127 Å². The molecular weight excluding hydrogens is 581 g/mol. The zero-order chi connectivity index (χ0) is 27.6. The van der Waals surface area contributed by atoms with E-state index in [2.05, 4.69) is 15.6 Å². The van der Waals surface area contributed by atoms with Crippen LogP contribution in [0.3, 0.4) is 0 Å². The fraction of sp³-hybridized carbons (Fsp3) is 0.846. The van der Waals surface area contributed by atoms with Gasteiger partial charge in [-0.1, -0.05) is 12.8 Å². The molecule has 0 spiro atoms. The molecule has 9 nitrogen and oxygen atoms in total. The average Bonchev–Trinajstić information content (AvgIpc) is 3.43. The first-order valence-corrected chi connectivity index (χ1v) is 18.7. The zero-order valence-corrected chi connectivity index (χ0v) is 25.5. The third-order valence-electron chi connectivity index (χ3n) is 9.24. The highest BCUT2D eigenvalue weighted by atomic mass is 32.2. The molecule has 2 aliphatic heterocycles. The molecule has 8 unspecified atom stereocenters. The van der Waals surface area contributed by atoms with Gasteiger partial charge in [-0.3, -0.25) is 8.74 Å². The summed E-state index contributed by atoms with van der Waals surface area (Å²) in [6, 6.07) is 0.616. The quantitative estimate of drug-likeness (QED) is 0.120. The molecule has 1 N–H and O–H groups in total. The van der Waals surface area contributed by atoms with E-state index in [1.165, 1.54) is 43.6 Å². The third-order valence-corrected chi connectivity index (χ3v) is 13.3. The SMILES string of the molecule is O=CC1CCC2SC(=CC3=[N+](CCCOS(=O)O)C4C(CCC5CCCCC54)S3)N(CCCS(=O)(=O)[O-])C2C1. The van der Waals surface area contributed by atoms with Gasteiger partial charge in [-0.25, -0.2) is 13.0 Å². The minimum atomic E-state index is -4.28. The van der Waals surface area contributed by atoms with Crippen molar-refractivity contribution in [3.8, 4) is 0 Å². The molecule has 8 atom stereocenters. The molecule has 0 aromatic carbocycles. The van der Waals surface area contributed by atoms with E-state index in [-0.39, 0.29) is 30.7 Å². The Bertz CT molecular complexity index is 1100. The molecule has 0 radical (unpaired) electrons. The number of hydrogen-bond donors (Lipinski definition) is 1. The first-order chi connectivity index (χ1) is 18.7. The highest BCUT2D eigenvalue weighted by molar-refractivity contribution is 8.15. The molecular formula is C26H40N2O7S4. The maximum absolute atomic E-state index is 11.6. The number of aldehydes is 1. The summed E-state index contributed by atoms with van der Waals surface area (Å²) in [6.07, 6.45) is 14.5. The van der Waals surface area contributed by atoms with Gasteiger partial charge in [0.15, 0.2) is 6.04 Å². The monoisotopic (exact) mass is 620 g/mol. The molecule has 13 heteroatoms. The fourth-order valence-electron chi connectivity index (χ4n) is 7.58. The standard InChI is InChI=1S/C26H40N2O7S4/c29-17-18-7-9-22-21(15-18)27(12-4-14-39(32,33)34)24(36-22)16-25-28(11-3-13-35-38(30)31)26-20-6-2-1-5-19(20)8-10-23(26)37-25/h16-23,26H,1-15H2,(H-,30,31,32,33,34). The molecule has 220 valence electrons. The minimum absolute atomic E-state index is 0.0186. The summed E-state index contributed by atoms with van der Waals surface area (Å²) in [6.45, 7) is 1.47. The molecule has 0 amide bonds. The number of nitrogens with zero attached hydrogens (tertiary/aromatic N) is 2. The number of hydrogen-bond acceptors (Lipinski definition) is 9. The third kappa shape index (κ3) is 7.32. The van der Waals surface area contributed by atoms with Crippen LogP contribution in [0.1, 0.15) is 70.6 Å². The molecule has 1 saturated heterocycles. The van der Waals surface area contributed by atoms with Crippen molar-refractivity contribution < 1.29 is 35.3 Å². The first-order valence-electron chi connectivity index (χ1n) is 14.3. The summed E-state index contributed by atoms with van der Waals surface area (Å²) < 4.78 is 61.5. The van der Waals surface area contributed by atoms with E-state index in [0.29, 0.717) is 35.4 Å². The van der Waals surface area contributed by atoms with E-state index in [0.717, 1.165) is 43.0 Å². The first kappa shape index (κ1) is 30.0. The van der Waals surface area contributed by atoms with Crippen molar-refractivity contribution in [1.82, 2.24) is 4.90 Å². The predicted molar refractivity (Wildman–Crippen MR) is 154 cm³/mol. The van der Waals surface area contributed by atoms with Gasteiger partial charge in [0.2, 0.25) is 5.04 Å². The van der Waals surface area contributed by atoms with Gasteiger partial charge >= 0.3 is 11.4 Å². The van der Waals surface area contributed by atoms with Crippen molar-refractivity contribution in [2.45, 2.75) is 93.2 Å². The Balaban J connectivity index is 1.43. The van der Waals surface area contributed by atoms with Gasteiger partial charge in [0, 0.05) is 47.9 Å². The number of rotatable bonds is 11. The smallest absolute Gasteiger partial charge is 0.301 e. The molecule has 3 saturated carbocycles. The maximum atomic E-state index is 11.6. The fourth-order valence-corrected chi connectivity index (χ4v) is 11.5. The van der Waals surface area contributed by atoms with Crippen LogP contribution < -0.4 is 0 Å². The maximum Gasteiger partial charge on any atom is 0.301 e. The van der Waals surface area contributed by atoms with Crippen LogP contribution >= 0.6 is 23.5 Å². The molecule has 0 aromatic heterocycles. The van der Waals surface area contributed by atoms with Crippen LogP contribution in [-0.2, 0) is 30.5 Å². The Labute approximate surface area is 243 Å². The van der Waals surface area contributed by atoms with E-state index in [4.69, 9.17) is 8.74 Å². The Kier molecular flexibility index (Phi) is 10.2. The van der Waals surface area contributed by atoms with Gasteiger partial charge in [0.1, 0.15) is 12.8 Å². The minimum Gasteiger partial charge on any atom is -0.748 e. The van der Waals surface area contributed by atoms with E-state index in [1.807, 2.05) is 23.5 Å². The van der Waals surface area contributed by atoms with Crippen LogP contribution in [0.5, 0.6) is 0 Å². The van der Waals surface area contributed by atoms with Gasteiger partial charge in [0.25, 0.3) is 0 Å². The summed E-state index contributed by atoms with van der Waals surface area (Å²) in [5.41, 5.74) is 0. The van der Waals surface area contributed by atoms with E-state index < -0.39 is 21.5 Å². The number of carbonyl (C=O) groups is 1. The number of carbonyl (C=O) groups excluding carboxylic acids is 1. The Morgan fingerprint density at radius 3 is 2.67 bits per heavy atom. The highest BCUT2D eigenvalue weighted by Crippen LogP contribution is 2.50. The van der Waals surface area contributed by atoms with E-state index in [1.54, 1.807) is 0 Å². The summed E-state index contributed by atoms with van der Waals surface area (Å²) >= 11 is 1.53. The van der Waals surface area contributed by atoms with Crippen LogP contribution in [-0.4, -0.2) is 90.6 Å². The number of fused-ring (bicyclic) bond motifs is 4. The van der Waals surface area contributed by atoms with Crippen LogP contribution in [0, 0.1) is 17.8 Å². The molecule has 5 rings (SSSR count). The largest absolute Gasteiger partial charge is 0.748 e. The van der Waals surface area contributed by atoms with Crippen molar-refractivity contribution in [2.75, 3.05) is 25.4 Å². The normalized spacial score (nSPS) is 36.5. The van der Waals surface area contributed by atoms with Gasteiger partial charge in [-0.2, -0.15) is 4.21 Å². The van der Waals surface area contributed by atoms with Crippen LogP contribution in [0.2, 0.25) is 0 Å². The zero-order valence-electron chi connectivity index (χ0n) is 22.2. The van der Waals surface area contributed by atoms with Crippen LogP contribution in [0.25, 0.3) is 0 Å². The molecule has 5 aliphatic rings. The molecule has 4 fully saturated rings. The molecule has 2 heterocycles. The lowest BCUT2D eigenvalue weighted by molar-refractivity contribution is -0.573. The molecule has 0 bridgehead atoms. The van der Waals surface area contributed by atoms with Crippen LogP contribution in [0.15, 0.2) is 11.1 Å². The summed E-state index contributed by atoms with van der Waals surface area (Å²) in [5.74, 6) is 1.07. The summed E-state index contributed by atoms with van der Waals surface area (Å²) in [4.78, 5) is 13.9. The molecule has 0 aromatic rings. The van der Waals surface area contributed by atoms with Crippen molar-refractivity contribution >= 4 is 56.3 Å². The van der Waals surface area contributed by atoms with Gasteiger partial charge in [-0.15, -0.1) is 11.8 Å². The van der Waals surface area contributed by atoms with Gasteiger partial charge < -0.3 is 14.2 Å². The van der Waals surface area contributed by atoms with Crippen LogP contribution in [0.4, 0.5) is 0 Å². The highest BCUT2D eigenvalue weighted by Gasteiger charge is 2.52. The molecule has 39 heavy (non-hydrogen) atoms. The lowest BCUT2D eigenvalue weighted by Crippen LogP contribution is -2.46. The second-order valence-electron chi connectivity index (χ2n) is 11.6. The van der Waals surface area contributed by atoms with E-state index in [9.17, 15) is 22.0 Å². The summed E-state index contributed by atoms with van der Waals surface area (Å²) in [7, 11) is -4.28. The molecule has 3 aliphatic carbocycles. The summed E-state index contributed by atoms with van der Waals surface area (Å²) in [5, 5.41) is 3.21. The average molecular weight is 621 g/mol. The van der Waals surface area contributed by atoms with Gasteiger partial charge in [-0.05, 0) is 69.0 Å². The predicted octanol–water partition coefficient (Wildman–Crippen LogP) is 3.59. The Morgan fingerprint density at radius 2 is 1.90 bits per heavy atom. The second-order valence-corrected chi connectivity index (χ2v) is 16.3. The Hall–Kier alpha value is -0.440. The Morgan fingerprint density at radius 1 is 1.10 bits per heavy atom.